The lowest BCUT2D eigenvalue weighted by Crippen LogP contribution is -2.20. The summed E-state index contributed by atoms with van der Waals surface area (Å²) < 4.78 is 5.68. The van der Waals surface area contributed by atoms with Gasteiger partial charge in [-0.2, -0.15) is 0 Å². The first-order chi connectivity index (χ1) is 11.1. The van der Waals surface area contributed by atoms with E-state index in [4.69, 9.17) is 27.9 Å². The summed E-state index contributed by atoms with van der Waals surface area (Å²) >= 11 is 11.8. The summed E-state index contributed by atoms with van der Waals surface area (Å²) in [6.07, 6.45) is 2.01. The van der Waals surface area contributed by atoms with Crippen LogP contribution in [0.25, 0.3) is 0 Å². The van der Waals surface area contributed by atoms with Gasteiger partial charge in [-0.15, -0.1) is 0 Å². The van der Waals surface area contributed by atoms with Crippen molar-refractivity contribution in [3.05, 3.63) is 52.5 Å². The second kappa shape index (κ2) is 8.65. The summed E-state index contributed by atoms with van der Waals surface area (Å²) in [5.74, 6) is 0.644. The predicted molar refractivity (Wildman–Crippen MR) is 95.9 cm³/mol. The van der Waals surface area contributed by atoms with Gasteiger partial charge in [-0.3, -0.25) is 0 Å². The fourth-order valence-electron chi connectivity index (χ4n) is 1.88. The second-order valence-corrected chi connectivity index (χ2v) is 5.72. The van der Waals surface area contributed by atoms with Crippen LogP contribution >= 0.6 is 23.2 Å². The number of nitrogens with one attached hydrogen (secondary N) is 2. The number of para-hydroxylation sites is 2. The minimum Gasteiger partial charge on any atom is -0.491 e. The van der Waals surface area contributed by atoms with Crippen LogP contribution in [0.2, 0.25) is 10.0 Å². The van der Waals surface area contributed by atoms with Gasteiger partial charge < -0.3 is 15.4 Å². The van der Waals surface area contributed by atoms with Gasteiger partial charge in [-0.1, -0.05) is 48.7 Å². The number of anilines is 2. The molecule has 0 heterocycles. The molecule has 0 aliphatic heterocycles. The van der Waals surface area contributed by atoms with Crippen LogP contribution in [0.1, 0.15) is 19.8 Å². The number of unbranched alkanes of at least 4 members (excludes halogenated alkanes) is 1. The van der Waals surface area contributed by atoms with Gasteiger partial charge in [0.15, 0.2) is 0 Å². The minimum atomic E-state index is -0.380. The van der Waals surface area contributed by atoms with Crippen molar-refractivity contribution in [1.82, 2.24) is 0 Å². The van der Waals surface area contributed by atoms with Crippen LogP contribution in [0.5, 0.6) is 5.75 Å². The smallest absolute Gasteiger partial charge is 0.323 e. The molecule has 0 aliphatic carbocycles. The molecule has 2 aromatic carbocycles. The average molecular weight is 353 g/mol. The molecule has 2 amide bonds. The molecule has 4 nitrogen and oxygen atoms in total. The zero-order valence-electron chi connectivity index (χ0n) is 12.7. The fraction of sp³-hybridized carbons (Fsp3) is 0.235. The van der Waals surface area contributed by atoms with Crippen LogP contribution in [0.4, 0.5) is 16.2 Å². The molecular formula is C17H18Cl2N2O2. The van der Waals surface area contributed by atoms with E-state index < -0.39 is 0 Å². The molecule has 122 valence electrons. The second-order valence-electron chi connectivity index (χ2n) is 4.91. The van der Waals surface area contributed by atoms with Gasteiger partial charge in [-0.05, 0) is 36.8 Å². The molecule has 0 atom stereocenters. The van der Waals surface area contributed by atoms with E-state index >= 15 is 0 Å². The van der Waals surface area contributed by atoms with E-state index in [1.165, 1.54) is 0 Å². The van der Waals surface area contributed by atoms with Crippen molar-refractivity contribution in [2.75, 3.05) is 17.2 Å². The van der Waals surface area contributed by atoms with Crippen LogP contribution in [-0.2, 0) is 0 Å². The number of halogens is 2. The third-order valence-electron chi connectivity index (χ3n) is 3.07. The molecule has 0 radical (unpaired) electrons. The third kappa shape index (κ3) is 5.34. The highest BCUT2D eigenvalue weighted by molar-refractivity contribution is 6.42. The molecule has 0 unspecified atom stereocenters. The maximum Gasteiger partial charge on any atom is 0.323 e. The molecule has 23 heavy (non-hydrogen) atoms. The number of rotatable bonds is 6. The van der Waals surface area contributed by atoms with Crippen molar-refractivity contribution in [1.29, 1.82) is 0 Å². The minimum absolute atomic E-state index is 0.380. The number of carbonyl (C=O) groups excluding carboxylic acids is 1. The van der Waals surface area contributed by atoms with E-state index in [-0.39, 0.29) is 6.03 Å². The number of carbonyl (C=O) groups is 1. The number of hydrogen-bond donors (Lipinski definition) is 2. The van der Waals surface area contributed by atoms with Gasteiger partial charge in [-0.25, -0.2) is 4.79 Å². The van der Waals surface area contributed by atoms with E-state index in [0.717, 1.165) is 12.8 Å². The summed E-state index contributed by atoms with van der Waals surface area (Å²) in [5, 5.41) is 6.29. The molecule has 0 aromatic heterocycles. The first-order valence-electron chi connectivity index (χ1n) is 7.35. The Morgan fingerprint density at radius 1 is 1.09 bits per heavy atom. The molecule has 2 N–H and O–H groups in total. The predicted octanol–water partition coefficient (Wildman–Crippen LogP) is 5.82. The largest absolute Gasteiger partial charge is 0.491 e. The van der Waals surface area contributed by atoms with Crippen LogP contribution < -0.4 is 15.4 Å². The lowest BCUT2D eigenvalue weighted by molar-refractivity contribution is 0.261. The highest BCUT2D eigenvalue weighted by Crippen LogP contribution is 2.26. The Hall–Kier alpha value is -1.91. The van der Waals surface area contributed by atoms with E-state index in [2.05, 4.69) is 17.6 Å². The van der Waals surface area contributed by atoms with Gasteiger partial charge in [0, 0.05) is 5.69 Å². The molecule has 2 rings (SSSR count). The molecule has 0 fully saturated rings. The van der Waals surface area contributed by atoms with Crippen LogP contribution in [0.15, 0.2) is 42.5 Å². The summed E-state index contributed by atoms with van der Waals surface area (Å²) in [6, 6.07) is 11.8. The molecule has 0 saturated carbocycles. The number of benzene rings is 2. The van der Waals surface area contributed by atoms with Gasteiger partial charge in [0.05, 0.1) is 22.3 Å². The van der Waals surface area contributed by atoms with Crippen molar-refractivity contribution in [3.8, 4) is 5.75 Å². The Morgan fingerprint density at radius 2 is 1.87 bits per heavy atom. The third-order valence-corrected chi connectivity index (χ3v) is 3.81. The SMILES string of the molecule is CCCCOc1ccccc1NC(=O)Nc1ccc(Cl)c(Cl)c1. The molecular weight excluding hydrogens is 335 g/mol. The normalized spacial score (nSPS) is 10.2. The number of urea groups is 1. The van der Waals surface area contributed by atoms with Gasteiger partial charge in [0.25, 0.3) is 0 Å². The van der Waals surface area contributed by atoms with Crippen molar-refractivity contribution < 1.29 is 9.53 Å². The van der Waals surface area contributed by atoms with Crippen molar-refractivity contribution in [2.24, 2.45) is 0 Å². The monoisotopic (exact) mass is 352 g/mol. The zero-order valence-corrected chi connectivity index (χ0v) is 14.2. The summed E-state index contributed by atoms with van der Waals surface area (Å²) in [7, 11) is 0. The van der Waals surface area contributed by atoms with Crippen LogP contribution in [0, 0.1) is 0 Å². The molecule has 0 bridgehead atoms. The van der Waals surface area contributed by atoms with E-state index in [0.29, 0.717) is 33.8 Å². The highest BCUT2D eigenvalue weighted by Gasteiger charge is 2.08. The van der Waals surface area contributed by atoms with Gasteiger partial charge in [0.2, 0.25) is 0 Å². The molecule has 0 saturated heterocycles. The van der Waals surface area contributed by atoms with Crippen LogP contribution in [-0.4, -0.2) is 12.6 Å². The Balaban J connectivity index is 2.00. The summed E-state index contributed by atoms with van der Waals surface area (Å²) in [4.78, 5) is 12.1. The quantitative estimate of drug-likeness (QED) is 0.643. The van der Waals surface area contributed by atoms with E-state index in [9.17, 15) is 4.79 Å². The maximum absolute atomic E-state index is 12.1. The number of ether oxygens (including phenoxy) is 1. The topological polar surface area (TPSA) is 50.4 Å². The van der Waals surface area contributed by atoms with Gasteiger partial charge >= 0.3 is 6.03 Å². The summed E-state index contributed by atoms with van der Waals surface area (Å²) in [5.41, 5.74) is 1.17. The molecule has 0 aliphatic rings. The van der Waals surface area contributed by atoms with Gasteiger partial charge in [0.1, 0.15) is 5.75 Å². The van der Waals surface area contributed by atoms with Crippen molar-refractivity contribution in [3.63, 3.8) is 0 Å². The average Bonchev–Trinajstić information content (AvgIpc) is 2.53. The Bertz CT molecular complexity index is 677. The Morgan fingerprint density at radius 3 is 2.61 bits per heavy atom. The molecule has 6 heteroatoms. The lowest BCUT2D eigenvalue weighted by Gasteiger charge is -2.13. The number of hydrogen-bond acceptors (Lipinski definition) is 2. The van der Waals surface area contributed by atoms with Crippen molar-refractivity contribution in [2.45, 2.75) is 19.8 Å². The Labute approximate surface area is 145 Å². The zero-order chi connectivity index (χ0) is 16.7. The Kier molecular flexibility index (Phi) is 6.56. The van der Waals surface area contributed by atoms with Crippen LogP contribution in [0.3, 0.4) is 0 Å². The number of amides is 2. The van der Waals surface area contributed by atoms with E-state index in [1.807, 2.05) is 18.2 Å². The standard InChI is InChI=1S/C17H18Cl2N2O2/c1-2-3-10-23-16-7-5-4-6-15(16)21-17(22)20-12-8-9-13(18)14(19)11-12/h4-9,11H,2-3,10H2,1H3,(H2,20,21,22). The summed E-state index contributed by atoms with van der Waals surface area (Å²) in [6.45, 7) is 2.71. The first-order valence-corrected chi connectivity index (χ1v) is 8.10. The molecule has 0 spiro atoms. The first kappa shape index (κ1) is 17.4. The fourth-order valence-corrected chi connectivity index (χ4v) is 2.18. The van der Waals surface area contributed by atoms with E-state index in [1.54, 1.807) is 24.3 Å². The maximum atomic E-state index is 12.1. The van der Waals surface area contributed by atoms with Crippen molar-refractivity contribution >= 4 is 40.6 Å². The highest BCUT2D eigenvalue weighted by atomic mass is 35.5. The lowest BCUT2D eigenvalue weighted by atomic mass is 10.3. The molecule has 2 aromatic rings.